The zero-order chi connectivity index (χ0) is 18.3. The molecule has 1 aliphatic carbocycles. The number of benzene rings is 1. The molecular weight excluding hydrogens is 354 g/mol. The van der Waals surface area contributed by atoms with Crippen molar-refractivity contribution in [3.8, 4) is 17.3 Å². The molecule has 0 saturated heterocycles. The number of fused-ring (bicyclic) bond motifs is 1. The Balaban J connectivity index is 1.81. The van der Waals surface area contributed by atoms with Crippen molar-refractivity contribution in [2.75, 3.05) is 7.11 Å². The Kier molecular flexibility index (Phi) is 3.89. The number of Topliss-reactive ketones (excluding diaryl/α,β-unsaturated/α-hetero) is 2. The maximum atomic E-state index is 12.9. The largest absolute Gasteiger partial charge is 0.497 e. The number of carbonyl (C=O) groups excluding carboxylic acids is 2. The van der Waals surface area contributed by atoms with Gasteiger partial charge in [-0.15, -0.1) is 0 Å². The molecule has 2 aromatic heterocycles. The summed E-state index contributed by atoms with van der Waals surface area (Å²) in [6.07, 6.45) is 1.61. The number of ether oxygens (including phenoxy) is 1. The van der Waals surface area contributed by atoms with Crippen molar-refractivity contribution in [1.82, 2.24) is 15.0 Å². The number of H-pyrrole nitrogens is 1. The third kappa shape index (κ3) is 2.51. The summed E-state index contributed by atoms with van der Waals surface area (Å²) >= 11 is 6.23. The number of hydrogen-bond acceptors (Lipinski definition) is 5. The van der Waals surface area contributed by atoms with Gasteiger partial charge in [-0.2, -0.15) is 0 Å². The van der Waals surface area contributed by atoms with Gasteiger partial charge >= 0.3 is 0 Å². The highest BCUT2D eigenvalue weighted by Crippen LogP contribution is 2.34. The Bertz CT molecular complexity index is 1050. The number of hydrogen-bond donors (Lipinski definition) is 1. The summed E-state index contributed by atoms with van der Waals surface area (Å²) in [5, 5.41) is -0.135. The van der Waals surface area contributed by atoms with Crippen LogP contribution in [0.2, 0.25) is 0 Å². The number of pyridine rings is 1. The van der Waals surface area contributed by atoms with Gasteiger partial charge in [0.25, 0.3) is 0 Å². The molecule has 4 rings (SSSR count). The molecule has 26 heavy (non-hydrogen) atoms. The molecular formula is C19H12ClN3O3. The van der Waals surface area contributed by atoms with E-state index in [0.717, 1.165) is 0 Å². The number of rotatable bonds is 3. The van der Waals surface area contributed by atoms with Gasteiger partial charge in [0, 0.05) is 6.20 Å². The monoisotopic (exact) mass is 365 g/mol. The molecule has 7 heteroatoms. The van der Waals surface area contributed by atoms with Crippen LogP contribution in [0.1, 0.15) is 26.5 Å². The van der Waals surface area contributed by atoms with E-state index in [2.05, 4.69) is 15.0 Å². The van der Waals surface area contributed by atoms with Crippen LogP contribution in [0.25, 0.3) is 17.1 Å². The second kappa shape index (κ2) is 6.24. The van der Waals surface area contributed by atoms with Crippen LogP contribution in [0.5, 0.6) is 5.75 Å². The predicted molar refractivity (Wildman–Crippen MR) is 96.2 cm³/mol. The van der Waals surface area contributed by atoms with Crippen molar-refractivity contribution >= 4 is 28.7 Å². The van der Waals surface area contributed by atoms with Crippen LogP contribution in [0.15, 0.2) is 53.7 Å². The molecule has 0 aliphatic heterocycles. The second-order valence-electron chi connectivity index (χ2n) is 5.60. The number of allylic oxidation sites excluding steroid dienone is 2. The van der Waals surface area contributed by atoms with Crippen LogP contribution in [0.3, 0.4) is 0 Å². The smallest absolute Gasteiger partial charge is 0.223 e. The molecule has 2 heterocycles. The van der Waals surface area contributed by atoms with E-state index in [9.17, 15) is 9.59 Å². The van der Waals surface area contributed by atoms with Crippen molar-refractivity contribution in [2.24, 2.45) is 0 Å². The van der Waals surface area contributed by atoms with E-state index >= 15 is 0 Å². The molecule has 128 valence electrons. The fourth-order valence-electron chi connectivity index (χ4n) is 2.78. The van der Waals surface area contributed by atoms with E-state index in [-0.39, 0.29) is 22.0 Å². The summed E-state index contributed by atoms with van der Waals surface area (Å²) < 4.78 is 5.11. The Morgan fingerprint density at radius 3 is 2.46 bits per heavy atom. The summed E-state index contributed by atoms with van der Waals surface area (Å²) in [6, 6.07) is 12.0. The quantitative estimate of drug-likeness (QED) is 0.767. The molecule has 0 atom stereocenters. The van der Waals surface area contributed by atoms with Gasteiger partial charge < -0.3 is 9.72 Å². The number of nitrogens with zero attached hydrogens (tertiary/aromatic N) is 2. The van der Waals surface area contributed by atoms with Gasteiger partial charge in [0.15, 0.2) is 5.82 Å². The molecule has 0 bridgehead atoms. The van der Waals surface area contributed by atoms with Gasteiger partial charge in [-0.3, -0.25) is 14.6 Å². The molecule has 0 fully saturated rings. The van der Waals surface area contributed by atoms with Crippen molar-refractivity contribution in [2.45, 2.75) is 0 Å². The van der Waals surface area contributed by atoms with Crippen LogP contribution < -0.4 is 4.74 Å². The first-order valence-corrected chi connectivity index (χ1v) is 8.13. The lowest BCUT2D eigenvalue weighted by molar-refractivity contribution is 0.0993. The Morgan fingerprint density at radius 1 is 1.04 bits per heavy atom. The van der Waals surface area contributed by atoms with Crippen molar-refractivity contribution in [3.63, 3.8) is 0 Å². The molecule has 3 aromatic rings. The van der Waals surface area contributed by atoms with Crippen molar-refractivity contribution in [1.29, 1.82) is 0 Å². The molecule has 0 unspecified atom stereocenters. The summed E-state index contributed by atoms with van der Waals surface area (Å²) in [7, 11) is 1.55. The van der Waals surface area contributed by atoms with E-state index in [1.165, 1.54) is 0 Å². The number of ketones is 2. The molecule has 1 N–H and O–H groups in total. The van der Waals surface area contributed by atoms with Crippen LogP contribution >= 0.6 is 11.6 Å². The fraction of sp³-hybridized carbons (Fsp3) is 0.0526. The molecule has 0 amide bonds. The number of carbonyl (C=O) groups is 2. The highest BCUT2D eigenvalue weighted by atomic mass is 35.5. The third-order valence-electron chi connectivity index (χ3n) is 4.08. The standard InChI is InChI=1S/C19H12ClN3O3/c1-26-11-7-5-10(6-8-11)13-14(20)18(25)16-15(17(13)24)22-19(23-16)12-4-2-3-9-21-12/h2-9H,1H3,(H,22,23). The van der Waals surface area contributed by atoms with Gasteiger partial charge in [0.1, 0.15) is 27.9 Å². The van der Waals surface area contributed by atoms with Gasteiger partial charge in [-0.1, -0.05) is 29.8 Å². The Morgan fingerprint density at radius 2 is 1.81 bits per heavy atom. The molecule has 0 saturated carbocycles. The molecule has 6 nitrogen and oxygen atoms in total. The van der Waals surface area contributed by atoms with Crippen LogP contribution in [-0.2, 0) is 0 Å². The van der Waals surface area contributed by atoms with E-state index in [1.54, 1.807) is 55.8 Å². The number of nitrogens with one attached hydrogen (secondary N) is 1. The van der Waals surface area contributed by atoms with E-state index in [1.807, 2.05) is 0 Å². The topological polar surface area (TPSA) is 84.9 Å². The summed E-state index contributed by atoms with van der Waals surface area (Å²) in [6.45, 7) is 0. The second-order valence-corrected chi connectivity index (χ2v) is 5.98. The Hall–Kier alpha value is -3.25. The molecule has 1 aliphatic rings. The van der Waals surface area contributed by atoms with Gasteiger partial charge in [-0.25, -0.2) is 4.98 Å². The third-order valence-corrected chi connectivity index (χ3v) is 4.44. The minimum atomic E-state index is -0.471. The van der Waals surface area contributed by atoms with Gasteiger partial charge in [0.05, 0.1) is 12.7 Å². The first kappa shape index (κ1) is 16.2. The zero-order valence-corrected chi connectivity index (χ0v) is 14.4. The normalized spacial score (nSPS) is 13.8. The van der Waals surface area contributed by atoms with Crippen LogP contribution in [-0.4, -0.2) is 33.6 Å². The summed E-state index contributed by atoms with van der Waals surface area (Å²) in [4.78, 5) is 36.9. The van der Waals surface area contributed by atoms with Crippen molar-refractivity contribution < 1.29 is 14.3 Å². The van der Waals surface area contributed by atoms with Crippen LogP contribution in [0, 0.1) is 0 Å². The van der Waals surface area contributed by atoms with Crippen LogP contribution in [0.4, 0.5) is 0 Å². The van der Waals surface area contributed by atoms with Crippen molar-refractivity contribution in [3.05, 3.63) is 70.6 Å². The summed E-state index contributed by atoms with van der Waals surface area (Å²) in [5.74, 6) is 0.102. The highest BCUT2D eigenvalue weighted by Gasteiger charge is 2.35. The van der Waals surface area contributed by atoms with E-state index in [4.69, 9.17) is 16.3 Å². The Labute approximate surface area is 153 Å². The zero-order valence-electron chi connectivity index (χ0n) is 13.6. The number of aromatic amines is 1. The van der Waals surface area contributed by atoms with E-state index in [0.29, 0.717) is 22.8 Å². The predicted octanol–water partition coefficient (Wildman–Crippen LogP) is 3.51. The average Bonchev–Trinajstić information content (AvgIpc) is 3.14. The number of imidazole rings is 1. The molecule has 0 radical (unpaired) electrons. The lowest BCUT2D eigenvalue weighted by Crippen LogP contribution is -2.19. The fourth-order valence-corrected chi connectivity index (χ4v) is 3.07. The maximum absolute atomic E-state index is 12.9. The van der Waals surface area contributed by atoms with E-state index < -0.39 is 11.6 Å². The number of methoxy groups -OCH3 is 1. The maximum Gasteiger partial charge on any atom is 0.223 e. The lowest BCUT2D eigenvalue weighted by atomic mass is 9.92. The molecule has 0 spiro atoms. The minimum absolute atomic E-state index is 0.0471. The first-order chi connectivity index (χ1) is 12.6. The average molecular weight is 366 g/mol. The number of aromatic nitrogens is 3. The minimum Gasteiger partial charge on any atom is -0.497 e. The summed E-state index contributed by atoms with van der Waals surface area (Å²) in [5.41, 5.74) is 1.32. The highest BCUT2D eigenvalue weighted by molar-refractivity contribution is 6.56. The van der Waals surface area contributed by atoms with Gasteiger partial charge in [-0.05, 0) is 29.8 Å². The molecule has 1 aromatic carbocycles. The number of halogens is 1. The lowest BCUT2D eigenvalue weighted by Gasteiger charge is -2.14. The SMILES string of the molecule is COc1ccc(C2=C(Cl)C(=O)c3[nH]c(-c4ccccn4)nc3C2=O)cc1. The van der Waals surface area contributed by atoms with Gasteiger partial charge in [0.2, 0.25) is 11.6 Å². The first-order valence-electron chi connectivity index (χ1n) is 7.75.